The van der Waals surface area contributed by atoms with Crippen LogP contribution in [0.5, 0.6) is 11.5 Å². The first-order valence-electron chi connectivity index (χ1n) is 14.6. The van der Waals surface area contributed by atoms with Gasteiger partial charge in [-0.05, 0) is 47.5 Å². The zero-order chi connectivity index (χ0) is 35.0. The van der Waals surface area contributed by atoms with Crippen LogP contribution in [0.25, 0.3) is 12.2 Å². The van der Waals surface area contributed by atoms with Gasteiger partial charge >= 0.3 is 17.9 Å². The number of phenols is 2. The molecule has 0 bridgehead atoms. The molecule has 2 aromatic carbocycles. The van der Waals surface area contributed by atoms with E-state index >= 15 is 0 Å². The summed E-state index contributed by atoms with van der Waals surface area (Å²) in [7, 11) is 0. The lowest BCUT2D eigenvalue weighted by Crippen LogP contribution is -2.64. The van der Waals surface area contributed by atoms with Gasteiger partial charge in [0.2, 0.25) is 5.79 Å². The molecular weight excluding hydrogens is 640 g/mol. The molecule has 0 spiro atoms. The highest BCUT2D eigenvalue weighted by atomic mass is 16.8. The van der Waals surface area contributed by atoms with Gasteiger partial charge in [0, 0.05) is 19.1 Å². The SMILES string of the molecule is CC(=O)O[C@@H]1[C@@H](O)[C@@H](O[C@]2(CO)O[C@H](CO)[C@@H](O)[C@@H]2OC(=O)C=Cc2ccc(O)cc2)O[C@H](CO)[C@H]1OC(=O)C=Cc1ccc(O)cc1. The summed E-state index contributed by atoms with van der Waals surface area (Å²) in [5.74, 6) is -5.41. The van der Waals surface area contributed by atoms with Gasteiger partial charge in [-0.3, -0.25) is 4.79 Å². The third-order valence-corrected chi connectivity index (χ3v) is 7.39. The van der Waals surface area contributed by atoms with Gasteiger partial charge in [-0.25, -0.2) is 9.59 Å². The molecule has 0 radical (unpaired) electrons. The van der Waals surface area contributed by atoms with Gasteiger partial charge < -0.3 is 64.2 Å². The molecule has 2 aliphatic heterocycles. The van der Waals surface area contributed by atoms with Gasteiger partial charge in [0.15, 0.2) is 24.6 Å². The van der Waals surface area contributed by atoms with Crippen molar-refractivity contribution < 1.29 is 78.6 Å². The standard InChI is InChI=1S/C32H36O16/c1-17(36)43-29-27(42)31(44-23(15-34)28(29)45-24(39)12-6-18-2-8-20(37)9-3-18)48-32(16-35)30(26(41)22(14-33)47-32)46-25(40)13-7-19-4-10-21(38)11-5-19/h2-13,22-23,26-31,33-35,37-38,41-42H,14-16H2,1H3/t22-,23-,26-,27-,28-,29-,30+,31-,32+/m1/s1. The Morgan fingerprint density at radius 3 is 1.75 bits per heavy atom. The van der Waals surface area contributed by atoms with Crippen molar-refractivity contribution in [1.29, 1.82) is 0 Å². The van der Waals surface area contributed by atoms with Crippen LogP contribution in [0.1, 0.15) is 18.1 Å². The lowest BCUT2D eigenvalue weighted by atomic mass is 9.98. The fourth-order valence-corrected chi connectivity index (χ4v) is 5.05. The first-order chi connectivity index (χ1) is 22.9. The molecule has 2 aliphatic rings. The van der Waals surface area contributed by atoms with Crippen molar-refractivity contribution in [1.82, 2.24) is 0 Å². The molecule has 2 heterocycles. The largest absolute Gasteiger partial charge is 0.508 e. The lowest BCUT2D eigenvalue weighted by Gasteiger charge is -2.45. The number of hydrogen-bond donors (Lipinski definition) is 7. The molecule has 0 aliphatic carbocycles. The number of esters is 3. The summed E-state index contributed by atoms with van der Waals surface area (Å²) in [5.41, 5.74) is 1.02. The zero-order valence-electron chi connectivity index (χ0n) is 25.5. The van der Waals surface area contributed by atoms with E-state index in [2.05, 4.69) is 0 Å². The molecular formula is C32H36O16. The fourth-order valence-electron chi connectivity index (χ4n) is 5.05. The highest BCUT2D eigenvalue weighted by Crippen LogP contribution is 2.38. The second-order valence-electron chi connectivity index (χ2n) is 10.8. The Morgan fingerprint density at radius 1 is 0.750 bits per heavy atom. The van der Waals surface area contributed by atoms with Crippen LogP contribution in [-0.2, 0) is 42.8 Å². The summed E-state index contributed by atoms with van der Waals surface area (Å²) in [4.78, 5) is 37.5. The maximum Gasteiger partial charge on any atom is 0.331 e. The van der Waals surface area contributed by atoms with E-state index in [0.29, 0.717) is 11.1 Å². The van der Waals surface area contributed by atoms with Crippen LogP contribution in [0, 0.1) is 0 Å². The Labute approximate surface area is 273 Å². The van der Waals surface area contributed by atoms with Crippen molar-refractivity contribution in [2.75, 3.05) is 19.8 Å². The fraction of sp³-hybridized carbons (Fsp3) is 0.406. The average molecular weight is 677 g/mol. The topological polar surface area (TPSA) is 248 Å². The maximum absolute atomic E-state index is 12.8. The quantitative estimate of drug-likeness (QED) is 0.0819. The van der Waals surface area contributed by atoms with Crippen LogP contribution < -0.4 is 0 Å². The van der Waals surface area contributed by atoms with Gasteiger partial charge in [-0.15, -0.1) is 0 Å². The molecule has 260 valence electrons. The zero-order valence-corrected chi connectivity index (χ0v) is 25.5. The first-order valence-corrected chi connectivity index (χ1v) is 14.6. The summed E-state index contributed by atoms with van der Waals surface area (Å²) in [6.07, 6.45) is -9.08. The summed E-state index contributed by atoms with van der Waals surface area (Å²) < 4.78 is 33.0. The molecule has 16 heteroatoms. The van der Waals surface area contributed by atoms with E-state index in [1.807, 2.05) is 0 Å². The molecule has 2 saturated heterocycles. The summed E-state index contributed by atoms with van der Waals surface area (Å²) in [5, 5.41) is 71.3. The molecule has 0 saturated carbocycles. The van der Waals surface area contributed by atoms with E-state index < -0.39 is 92.5 Å². The first kappa shape index (κ1) is 36.4. The number of aliphatic hydroxyl groups excluding tert-OH is 5. The van der Waals surface area contributed by atoms with Crippen molar-refractivity contribution in [2.45, 2.75) is 61.7 Å². The number of benzene rings is 2. The minimum absolute atomic E-state index is 0.000640. The Morgan fingerprint density at radius 2 is 1.27 bits per heavy atom. The van der Waals surface area contributed by atoms with Gasteiger partial charge in [-0.1, -0.05) is 24.3 Å². The van der Waals surface area contributed by atoms with Crippen molar-refractivity contribution in [3.05, 3.63) is 71.8 Å². The Bertz CT molecular complexity index is 1460. The van der Waals surface area contributed by atoms with E-state index in [1.54, 1.807) is 0 Å². The van der Waals surface area contributed by atoms with E-state index in [-0.39, 0.29) is 11.5 Å². The third-order valence-electron chi connectivity index (χ3n) is 7.39. The van der Waals surface area contributed by atoms with Crippen LogP contribution in [0.4, 0.5) is 0 Å². The average Bonchev–Trinajstić information content (AvgIpc) is 3.33. The molecule has 2 aromatic rings. The van der Waals surface area contributed by atoms with Crippen LogP contribution in [0.3, 0.4) is 0 Å². The van der Waals surface area contributed by atoms with E-state index in [4.69, 9.17) is 28.4 Å². The molecule has 7 N–H and O–H groups in total. The number of rotatable bonds is 12. The highest BCUT2D eigenvalue weighted by Gasteiger charge is 2.61. The summed E-state index contributed by atoms with van der Waals surface area (Å²) >= 11 is 0. The molecule has 2 fully saturated rings. The number of ether oxygens (including phenoxy) is 6. The van der Waals surface area contributed by atoms with Gasteiger partial charge in [0.1, 0.15) is 42.5 Å². The number of phenolic OH excluding ortho intramolecular Hbond substituents is 2. The second kappa shape index (κ2) is 16.1. The monoisotopic (exact) mass is 676 g/mol. The molecule has 16 nitrogen and oxygen atoms in total. The number of carbonyl (C=O) groups is 3. The third kappa shape index (κ3) is 8.74. The van der Waals surface area contributed by atoms with Gasteiger partial charge in [0.25, 0.3) is 0 Å². The molecule has 0 amide bonds. The van der Waals surface area contributed by atoms with Crippen molar-refractivity contribution in [3.8, 4) is 11.5 Å². The summed E-state index contributed by atoms with van der Waals surface area (Å²) in [6.45, 7) is -1.80. The van der Waals surface area contributed by atoms with Crippen LogP contribution in [0.15, 0.2) is 60.7 Å². The van der Waals surface area contributed by atoms with Crippen molar-refractivity contribution >= 4 is 30.1 Å². The Balaban J connectivity index is 1.55. The van der Waals surface area contributed by atoms with E-state index in [1.165, 1.54) is 60.7 Å². The van der Waals surface area contributed by atoms with E-state index in [9.17, 15) is 50.1 Å². The number of hydrogen-bond acceptors (Lipinski definition) is 16. The lowest BCUT2D eigenvalue weighted by molar-refractivity contribution is -0.383. The predicted octanol–water partition coefficient (Wildman–Crippen LogP) is -0.885. The number of carbonyl (C=O) groups excluding carboxylic acids is 3. The van der Waals surface area contributed by atoms with Crippen LogP contribution in [-0.4, -0.2) is 128 Å². The normalized spacial score (nSPS) is 30.4. The minimum Gasteiger partial charge on any atom is -0.508 e. The van der Waals surface area contributed by atoms with Gasteiger partial charge in [0.05, 0.1) is 13.2 Å². The van der Waals surface area contributed by atoms with Crippen molar-refractivity contribution in [3.63, 3.8) is 0 Å². The molecule has 48 heavy (non-hydrogen) atoms. The molecule has 4 rings (SSSR count). The maximum atomic E-state index is 12.8. The second-order valence-corrected chi connectivity index (χ2v) is 10.8. The number of aliphatic hydroxyl groups is 5. The summed E-state index contributed by atoms with van der Waals surface area (Å²) in [6, 6.07) is 11.6. The predicted molar refractivity (Wildman–Crippen MR) is 160 cm³/mol. The van der Waals surface area contributed by atoms with Crippen molar-refractivity contribution in [2.24, 2.45) is 0 Å². The molecule has 0 unspecified atom stereocenters. The Hall–Kier alpha value is -4.39. The van der Waals surface area contributed by atoms with E-state index in [0.717, 1.165) is 19.1 Å². The Kier molecular flexibility index (Phi) is 12.3. The minimum atomic E-state index is -2.47. The molecule has 9 atom stereocenters. The smallest absolute Gasteiger partial charge is 0.331 e. The van der Waals surface area contributed by atoms with Gasteiger partial charge in [-0.2, -0.15) is 0 Å². The molecule has 0 aromatic heterocycles. The van der Waals surface area contributed by atoms with Crippen LogP contribution in [0.2, 0.25) is 0 Å². The van der Waals surface area contributed by atoms with Crippen LogP contribution >= 0.6 is 0 Å². The highest BCUT2D eigenvalue weighted by molar-refractivity contribution is 5.87. The number of aromatic hydroxyl groups is 2.